The first-order chi connectivity index (χ1) is 3.48. The quantitative estimate of drug-likeness (QED) is 0.491. The molecule has 1 atom stereocenters. The largest absolute Gasteiger partial charge is 0.427 e. The molecule has 0 rings (SSSR count). The van der Waals surface area contributed by atoms with E-state index in [-0.39, 0.29) is 0 Å². The van der Waals surface area contributed by atoms with E-state index in [1.165, 1.54) is 0 Å². The molecule has 50 valence electrons. The lowest BCUT2D eigenvalue weighted by molar-refractivity contribution is -0.211. The number of hydrogen-bond acceptors (Lipinski definition) is 2. The van der Waals surface area contributed by atoms with Crippen LogP contribution in [0.15, 0.2) is 0 Å². The molecule has 0 aliphatic carbocycles. The van der Waals surface area contributed by atoms with Crippen LogP contribution in [-0.2, 0) is 0 Å². The molecule has 1 unspecified atom stereocenters. The van der Waals surface area contributed by atoms with Gasteiger partial charge < -0.3 is 5.11 Å². The summed E-state index contributed by atoms with van der Waals surface area (Å²) in [4.78, 5) is 0. The second-order valence-corrected chi connectivity index (χ2v) is 1.23. The number of rotatable bonds is 1. The number of nitrogens with one attached hydrogen (secondary N) is 1. The minimum Gasteiger partial charge on any atom is -0.370 e. The van der Waals surface area contributed by atoms with E-state index >= 15 is 0 Å². The average Bonchev–Trinajstić information content (AvgIpc) is 1.62. The molecule has 5 heteroatoms. The predicted octanol–water partition coefficient (Wildman–Crippen LogP) is 0.0865. The van der Waals surface area contributed by atoms with Crippen molar-refractivity contribution in [2.24, 2.45) is 0 Å². The lowest BCUT2D eigenvalue weighted by atomic mass is 10.6. The van der Waals surface area contributed by atoms with Crippen LogP contribution < -0.4 is 5.32 Å². The van der Waals surface area contributed by atoms with E-state index in [9.17, 15) is 13.2 Å². The van der Waals surface area contributed by atoms with Crippen molar-refractivity contribution in [3.63, 3.8) is 0 Å². The first kappa shape index (κ1) is 7.71. The molecular weight excluding hydrogens is 123 g/mol. The molecular formula is C3H6F3NO. The van der Waals surface area contributed by atoms with Crippen molar-refractivity contribution in [2.45, 2.75) is 12.4 Å². The minimum absolute atomic E-state index is 1.03. The molecule has 8 heavy (non-hydrogen) atoms. The maximum absolute atomic E-state index is 11.1. The first-order valence-electron chi connectivity index (χ1n) is 1.90. The molecule has 0 amide bonds. The van der Waals surface area contributed by atoms with Gasteiger partial charge in [0.15, 0.2) is 0 Å². The van der Waals surface area contributed by atoms with Crippen molar-refractivity contribution >= 4 is 0 Å². The third kappa shape index (κ3) is 2.13. The smallest absolute Gasteiger partial charge is 0.370 e. The second kappa shape index (κ2) is 2.32. The van der Waals surface area contributed by atoms with Crippen LogP contribution in [0.2, 0.25) is 0 Å². The Morgan fingerprint density at radius 1 is 1.50 bits per heavy atom. The van der Waals surface area contributed by atoms with Crippen LogP contribution in [0, 0.1) is 0 Å². The Balaban J connectivity index is 3.62. The average molecular weight is 129 g/mol. The van der Waals surface area contributed by atoms with Crippen molar-refractivity contribution < 1.29 is 18.3 Å². The Morgan fingerprint density at radius 2 is 1.88 bits per heavy atom. The summed E-state index contributed by atoms with van der Waals surface area (Å²) >= 11 is 0. The zero-order chi connectivity index (χ0) is 6.78. The number of aliphatic hydroxyl groups excluding tert-OH is 1. The summed E-state index contributed by atoms with van der Waals surface area (Å²) in [5.74, 6) is 0. The van der Waals surface area contributed by atoms with E-state index in [2.05, 4.69) is 0 Å². The van der Waals surface area contributed by atoms with Crippen LogP contribution >= 0.6 is 0 Å². The summed E-state index contributed by atoms with van der Waals surface area (Å²) in [6.07, 6.45) is -6.95. The number of hydrogen-bond donors (Lipinski definition) is 2. The molecule has 0 aromatic rings. The van der Waals surface area contributed by atoms with Gasteiger partial charge in [0.2, 0.25) is 6.23 Å². The van der Waals surface area contributed by atoms with Crippen molar-refractivity contribution in [3.8, 4) is 0 Å². The van der Waals surface area contributed by atoms with Crippen LogP contribution in [0.25, 0.3) is 0 Å². The number of alkyl halides is 3. The topological polar surface area (TPSA) is 32.3 Å². The fourth-order valence-electron chi connectivity index (χ4n) is 0.164. The zero-order valence-electron chi connectivity index (χ0n) is 4.16. The number of halogens is 3. The van der Waals surface area contributed by atoms with Gasteiger partial charge in [-0.25, -0.2) is 0 Å². The van der Waals surface area contributed by atoms with Crippen molar-refractivity contribution in [3.05, 3.63) is 0 Å². The highest BCUT2D eigenvalue weighted by Gasteiger charge is 2.36. The normalized spacial score (nSPS) is 16.1. The van der Waals surface area contributed by atoms with Gasteiger partial charge in [-0.05, 0) is 7.05 Å². The molecule has 0 radical (unpaired) electrons. The summed E-state index contributed by atoms with van der Waals surface area (Å²) < 4.78 is 33.4. The fourth-order valence-corrected chi connectivity index (χ4v) is 0.164. The SMILES string of the molecule is CNC(O)C(F)(F)F. The number of aliphatic hydroxyl groups is 1. The third-order valence-corrected chi connectivity index (χ3v) is 0.583. The summed E-state index contributed by atoms with van der Waals surface area (Å²) in [6, 6.07) is 0. The maximum Gasteiger partial charge on any atom is 0.427 e. The molecule has 0 spiro atoms. The van der Waals surface area contributed by atoms with E-state index < -0.39 is 12.4 Å². The van der Waals surface area contributed by atoms with Gasteiger partial charge in [0.05, 0.1) is 0 Å². The van der Waals surface area contributed by atoms with Gasteiger partial charge in [-0.2, -0.15) is 13.2 Å². The van der Waals surface area contributed by atoms with Crippen LogP contribution in [0.4, 0.5) is 13.2 Å². The predicted molar refractivity (Wildman–Crippen MR) is 21.1 cm³/mol. The van der Waals surface area contributed by atoms with Gasteiger partial charge in [-0.3, -0.25) is 5.32 Å². The highest BCUT2D eigenvalue weighted by atomic mass is 19.4. The van der Waals surface area contributed by atoms with E-state index in [1.807, 2.05) is 0 Å². The van der Waals surface area contributed by atoms with Gasteiger partial charge >= 0.3 is 6.18 Å². The van der Waals surface area contributed by atoms with Gasteiger partial charge in [-0.15, -0.1) is 0 Å². The van der Waals surface area contributed by atoms with Crippen molar-refractivity contribution in [1.82, 2.24) is 5.32 Å². The van der Waals surface area contributed by atoms with Crippen LogP contribution in [0.5, 0.6) is 0 Å². The Morgan fingerprint density at radius 3 is 1.88 bits per heavy atom. The monoisotopic (exact) mass is 129 g/mol. The highest BCUT2D eigenvalue weighted by molar-refractivity contribution is 4.57. The first-order valence-corrected chi connectivity index (χ1v) is 1.90. The molecule has 0 aliphatic rings. The summed E-state index contributed by atoms with van der Waals surface area (Å²) in [5.41, 5.74) is 0. The Labute approximate surface area is 44.3 Å². The molecule has 2 N–H and O–H groups in total. The van der Waals surface area contributed by atoms with E-state index in [0.717, 1.165) is 7.05 Å². The molecule has 0 aromatic carbocycles. The van der Waals surface area contributed by atoms with Crippen molar-refractivity contribution in [2.75, 3.05) is 7.05 Å². The fraction of sp³-hybridized carbons (Fsp3) is 1.00. The molecule has 0 saturated carbocycles. The Kier molecular flexibility index (Phi) is 2.24. The molecule has 0 saturated heterocycles. The molecule has 0 heterocycles. The molecule has 0 aromatic heterocycles. The zero-order valence-corrected chi connectivity index (χ0v) is 4.16. The standard InChI is InChI=1S/C3H6F3NO/c1-7-2(8)3(4,5)6/h2,7-8H,1H3. The van der Waals surface area contributed by atoms with E-state index in [1.54, 1.807) is 5.32 Å². The molecule has 0 bridgehead atoms. The highest BCUT2D eigenvalue weighted by Crippen LogP contribution is 2.17. The summed E-state index contributed by atoms with van der Waals surface area (Å²) in [5, 5.41) is 9.59. The van der Waals surface area contributed by atoms with Gasteiger partial charge in [0.1, 0.15) is 0 Å². The van der Waals surface area contributed by atoms with E-state index in [0.29, 0.717) is 0 Å². The van der Waals surface area contributed by atoms with Gasteiger partial charge in [-0.1, -0.05) is 0 Å². The third-order valence-electron chi connectivity index (χ3n) is 0.583. The Bertz CT molecular complexity index is 71.4. The van der Waals surface area contributed by atoms with E-state index in [4.69, 9.17) is 5.11 Å². The van der Waals surface area contributed by atoms with Crippen LogP contribution in [0.3, 0.4) is 0 Å². The van der Waals surface area contributed by atoms with Gasteiger partial charge in [0.25, 0.3) is 0 Å². The van der Waals surface area contributed by atoms with Crippen molar-refractivity contribution in [1.29, 1.82) is 0 Å². The summed E-state index contributed by atoms with van der Waals surface area (Å²) in [7, 11) is 1.03. The Hall–Kier alpha value is -0.290. The maximum atomic E-state index is 11.1. The summed E-state index contributed by atoms with van der Waals surface area (Å²) in [6.45, 7) is 0. The van der Waals surface area contributed by atoms with Crippen LogP contribution in [-0.4, -0.2) is 24.6 Å². The molecule has 2 nitrogen and oxygen atoms in total. The lowest BCUT2D eigenvalue weighted by Gasteiger charge is -2.11. The van der Waals surface area contributed by atoms with Gasteiger partial charge in [0, 0.05) is 0 Å². The van der Waals surface area contributed by atoms with Crippen LogP contribution in [0.1, 0.15) is 0 Å². The minimum atomic E-state index is -4.55. The lowest BCUT2D eigenvalue weighted by Crippen LogP contribution is -2.39. The molecule has 0 aliphatic heterocycles. The second-order valence-electron chi connectivity index (χ2n) is 1.23. The molecule has 0 fully saturated rings.